The Balaban J connectivity index is 1.24. The molecule has 1 aliphatic rings. The van der Waals surface area contributed by atoms with Crippen LogP contribution in [0.4, 0.5) is 10.9 Å². The lowest BCUT2D eigenvalue weighted by Crippen LogP contribution is -2.34. The quantitative estimate of drug-likeness (QED) is 0.181. The number of hydrogen-bond donors (Lipinski definition) is 1. The van der Waals surface area contributed by atoms with Crippen LogP contribution in [0.5, 0.6) is 11.5 Å². The minimum absolute atomic E-state index is 0.407. The lowest BCUT2D eigenvalue weighted by Gasteiger charge is -2.29. The smallest absolute Gasteiger partial charge is 0.188 e. The molecule has 5 aromatic rings. The molecular formula is C29H27N5O2S3. The minimum Gasteiger partial charge on any atom is -0.453 e. The van der Waals surface area contributed by atoms with Crippen molar-refractivity contribution in [2.24, 2.45) is 0 Å². The Labute approximate surface area is 239 Å². The van der Waals surface area contributed by atoms with E-state index in [2.05, 4.69) is 33.6 Å². The average Bonchev–Trinajstić information content (AvgIpc) is 3.58. The minimum atomic E-state index is 0.407. The Morgan fingerprint density at radius 1 is 1.15 bits per heavy atom. The van der Waals surface area contributed by atoms with Gasteiger partial charge in [-0.1, -0.05) is 30.0 Å². The lowest BCUT2D eigenvalue weighted by atomic mass is 9.94. The van der Waals surface area contributed by atoms with Crippen molar-refractivity contribution in [3.63, 3.8) is 0 Å². The molecule has 1 aromatic carbocycles. The van der Waals surface area contributed by atoms with Gasteiger partial charge in [0.25, 0.3) is 0 Å². The van der Waals surface area contributed by atoms with Crippen LogP contribution in [-0.2, 0) is 4.79 Å². The van der Waals surface area contributed by atoms with Gasteiger partial charge in [0.2, 0.25) is 0 Å². The van der Waals surface area contributed by atoms with Crippen molar-refractivity contribution in [2.45, 2.75) is 35.5 Å². The first-order valence-electron chi connectivity index (χ1n) is 12.8. The van der Waals surface area contributed by atoms with Crippen molar-refractivity contribution in [1.82, 2.24) is 19.9 Å². The molecule has 0 spiro atoms. The van der Waals surface area contributed by atoms with Crippen LogP contribution in [0.15, 0.2) is 76.1 Å². The number of carbonyl (C=O) groups is 1. The second-order valence-electron chi connectivity index (χ2n) is 9.36. The number of carbonyl (C=O) groups excluding carboxylic acids is 1. The number of fused-ring (bicyclic) bond motifs is 1. The molecule has 1 N–H and O–H groups in total. The van der Waals surface area contributed by atoms with Crippen LogP contribution in [0.2, 0.25) is 0 Å². The van der Waals surface area contributed by atoms with Crippen LogP contribution < -0.4 is 10.1 Å². The van der Waals surface area contributed by atoms with Crippen molar-refractivity contribution < 1.29 is 9.53 Å². The molecule has 0 amide bonds. The number of aromatic nitrogens is 3. The van der Waals surface area contributed by atoms with Crippen molar-refractivity contribution in [3.05, 3.63) is 76.9 Å². The maximum Gasteiger partial charge on any atom is 0.188 e. The van der Waals surface area contributed by atoms with E-state index in [1.807, 2.05) is 54.9 Å². The summed E-state index contributed by atoms with van der Waals surface area (Å²) >= 11 is 4.99. The summed E-state index contributed by atoms with van der Waals surface area (Å²) in [5.74, 6) is 2.41. The predicted molar refractivity (Wildman–Crippen MR) is 159 cm³/mol. The molecule has 4 aromatic heterocycles. The molecule has 7 nitrogen and oxygen atoms in total. The third-order valence-corrected chi connectivity index (χ3v) is 9.61. The first-order valence-corrected chi connectivity index (χ1v) is 15.3. The SMILES string of the molecule is Cc1cc2nccc(Sc3cnc(Nc4nc(C5CCN(CC=O)CC5)cs4)c(Oc4ccccc4)c3)c2s1. The highest BCUT2D eigenvalue weighted by Gasteiger charge is 2.23. The number of thiophene rings is 1. The Morgan fingerprint density at radius 2 is 2.00 bits per heavy atom. The van der Waals surface area contributed by atoms with Crippen LogP contribution in [0.3, 0.4) is 0 Å². The molecule has 6 rings (SSSR count). The summed E-state index contributed by atoms with van der Waals surface area (Å²) in [5, 5.41) is 6.32. The van der Waals surface area contributed by atoms with Crippen molar-refractivity contribution in [1.29, 1.82) is 0 Å². The Hall–Kier alpha value is -3.31. The fourth-order valence-electron chi connectivity index (χ4n) is 4.66. The van der Waals surface area contributed by atoms with Gasteiger partial charge >= 0.3 is 0 Å². The Morgan fingerprint density at radius 3 is 2.82 bits per heavy atom. The van der Waals surface area contributed by atoms with Gasteiger partial charge in [0, 0.05) is 44.4 Å². The highest BCUT2D eigenvalue weighted by Crippen LogP contribution is 2.40. The average molecular weight is 574 g/mol. The molecule has 0 radical (unpaired) electrons. The van der Waals surface area contributed by atoms with Crippen molar-refractivity contribution in [3.8, 4) is 11.5 Å². The zero-order valence-corrected chi connectivity index (χ0v) is 23.8. The normalized spacial score (nSPS) is 14.5. The van der Waals surface area contributed by atoms with E-state index in [0.717, 1.165) is 64.1 Å². The van der Waals surface area contributed by atoms with Crippen molar-refractivity contribution >= 4 is 61.9 Å². The maximum absolute atomic E-state index is 10.8. The monoisotopic (exact) mass is 573 g/mol. The topological polar surface area (TPSA) is 80.2 Å². The number of ether oxygens (including phenoxy) is 1. The van der Waals surface area contributed by atoms with E-state index >= 15 is 0 Å². The molecule has 0 atom stereocenters. The molecule has 5 heterocycles. The third-order valence-electron chi connectivity index (χ3n) is 6.61. The number of thiazole rings is 1. The molecular weight excluding hydrogens is 547 g/mol. The van der Waals surface area contributed by atoms with E-state index in [1.54, 1.807) is 34.4 Å². The first-order chi connectivity index (χ1) is 19.1. The largest absolute Gasteiger partial charge is 0.453 e. The van der Waals surface area contributed by atoms with E-state index in [1.165, 1.54) is 9.58 Å². The summed E-state index contributed by atoms with van der Waals surface area (Å²) < 4.78 is 7.48. The summed E-state index contributed by atoms with van der Waals surface area (Å²) in [5.41, 5.74) is 2.11. The molecule has 1 aliphatic heterocycles. The summed E-state index contributed by atoms with van der Waals surface area (Å²) in [6, 6.07) is 15.9. The summed E-state index contributed by atoms with van der Waals surface area (Å²) in [4.78, 5) is 30.6. The summed E-state index contributed by atoms with van der Waals surface area (Å²) in [6.07, 6.45) is 6.73. The number of para-hydroxylation sites is 1. The second-order valence-corrected chi connectivity index (χ2v) is 12.6. The summed E-state index contributed by atoms with van der Waals surface area (Å²) in [7, 11) is 0. The molecule has 1 saturated heterocycles. The first kappa shape index (κ1) is 25.9. The maximum atomic E-state index is 10.8. The van der Waals surface area contributed by atoms with Gasteiger partial charge in [0.1, 0.15) is 12.0 Å². The molecule has 10 heteroatoms. The van der Waals surface area contributed by atoms with Gasteiger partial charge in [-0.25, -0.2) is 9.97 Å². The number of pyridine rings is 2. The van der Waals surface area contributed by atoms with Crippen LogP contribution in [-0.4, -0.2) is 45.8 Å². The van der Waals surface area contributed by atoms with E-state index in [0.29, 0.717) is 24.0 Å². The second kappa shape index (κ2) is 11.8. The molecule has 1 fully saturated rings. The standard InChI is InChI=1S/C29H27N5O2S3/c1-19-15-23-27(38-19)26(7-10-30-23)39-22-16-25(36-21-5-3-2-4-6-21)28(31-17-22)33-29-32-24(18-37-29)20-8-11-34(12-9-20)13-14-35/h2-7,10,14-18,20H,8-9,11-13H2,1H3,(H,31,32,33). The number of nitrogens with zero attached hydrogens (tertiary/aromatic N) is 4. The highest BCUT2D eigenvalue weighted by molar-refractivity contribution is 7.99. The van der Waals surface area contributed by atoms with Gasteiger partial charge in [-0.05, 0) is 57.1 Å². The van der Waals surface area contributed by atoms with E-state index in [-0.39, 0.29) is 0 Å². The van der Waals surface area contributed by atoms with Gasteiger partial charge in [-0.15, -0.1) is 22.7 Å². The van der Waals surface area contributed by atoms with Gasteiger partial charge in [0.15, 0.2) is 16.7 Å². The van der Waals surface area contributed by atoms with E-state index in [4.69, 9.17) is 14.7 Å². The van der Waals surface area contributed by atoms with Crippen LogP contribution in [0, 0.1) is 6.92 Å². The molecule has 0 saturated carbocycles. The number of rotatable bonds is 9. The van der Waals surface area contributed by atoms with Crippen LogP contribution in [0.25, 0.3) is 10.2 Å². The number of anilines is 2. The number of nitrogens with one attached hydrogen (secondary N) is 1. The number of benzene rings is 1. The number of likely N-dealkylation sites (tertiary alicyclic amines) is 1. The van der Waals surface area contributed by atoms with Crippen LogP contribution in [0.1, 0.15) is 29.3 Å². The van der Waals surface area contributed by atoms with Gasteiger partial charge < -0.3 is 14.8 Å². The molecule has 39 heavy (non-hydrogen) atoms. The number of aldehydes is 1. The number of aryl methyl sites for hydroxylation is 1. The third kappa shape index (κ3) is 6.14. The summed E-state index contributed by atoms with van der Waals surface area (Å²) in [6.45, 7) is 4.47. The zero-order chi connectivity index (χ0) is 26.6. The molecule has 0 aliphatic carbocycles. The van der Waals surface area contributed by atoms with Gasteiger partial charge in [-0.2, -0.15) is 0 Å². The Kier molecular flexibility index (Phi) is 7.87. The molecule has 198 valence electrons. The van der Waals surface area contributed by atoms with E-state index in [9.17, 15) is 4.79 Å². The fourth-order valence-corrected chi connectivity index (χ4v) is 7.43. The lowest BCUT2D eigenvalue weighted by molar-refractivity contribution is -0.109. The van der Waals surface area contributed by atoms with Crippen LogP contribution >= 0.6 is 34.4 Å². The zero-order valence-electron chi connectivity index (χ0n) is 21.4. The fraction of sp³-hybridized carbons (Fsp3) is 0.241. The number of piperidine rings is 1. The predicted octanol–water partition coefficient (Wildman–Crippen LogP) is 7.52. The molecule has 0 bridgehead atoms. The highest BCUT2D eigenvalue weighted by atomic mass is 32.2. The van der Waals surface area contributed by atoms with Crippen molar-refractivity contribution in [2.75, 3.05) is 25.0 Å². The number of hydrogen-bond acceptors (Lipinski definition) is 10. The van der Waals surface area contributed by atoms with Gasteiger partial charge in [0.05, 0.1) is 22.5 Å². The Bertz CT molecular complexity index is 1580. The van der Waals surface area contributed by atoms with Gasteiger partial charge in [-0.3, -0.25) is 9.88 Å². The van der Waals surface area contributed by atoms with E-state index < -0.39 is 0 Å². The molecule has 0 unspecified atom stereocenters.